The average molecular weight is 608 g/mol. The Morgan fingerprint density at radius 3 is 1.87 bits per heavy atom. The number of alkyl halides is 6. The van der Waals surface area contributed by atoms with Crippen LogP contribution in [0.25, 0.3) is 10.9 Å². The zero-order valence-corrected chi connectivity index (χ0v) is 23.1. The largest absolute Gasteiger partial charge is 0.325 e. The monoisotopic (exact) mass is 605 g/mol. The fraction of sp³-hybridized carbons (Fsp3) is 0.562. The first-order chi connectivity index (χ1) is 14.6. The van der Waals surface area contributed by atoms with Gasteiger partial charge in [0.15, 0.2) is 0 Å². The van der Waals surface area contributed by atoms with E-state index in [1.165, 1.54) is 30.3 Å². The first-order valence-corrected chi connectivity index (χ1v) is 15.4. The first-order valence-electron chi connectivity index (χ1n) is 8.59. The van der Waals surface area contributed by atoms with Crippen LogP contribution >= 0.6 is 86.7 Å². The zero-order chi connectivity index (χ0) is 23.3. The van der Waals surface area contributed by atoms with Crippen LogP contribution in [0.5, 0.6) is 0 Å². The smallest absolute Gasteiger partial charge is 0.278 e. The lowest BCUT2D eigenvalue weighted by molar-refractivity contribution is 0.353. The molecule has 1 saturated carbocycles. The number of hydrogen-bond acceptors (Lipinski definition) is 7. The minimum absolute atomic E-state index is 0.202. The second kappa shape index (κ2) is 12.6. The molecular weight excluding hydrogens is 590 g/mol. The molecule has 0 amide bonds. The third kappa shape index (κ3) is 6.98. The SMILES string of the molecule is COP(=S)(OC)SCn1nnc2ccccc2c1=O.Cl[C@H]1[C@H](Cl)[C@@H](Cl)[C@@H](Cl)[C@H](Cl)[C@H]1Cl. The van der Waals surface area contributed by atoms with E-state index in [1.807, 2.05) is 6.07 Å². The van der Waals surface area contributed by atoms with E-state index in [0.29, 0.717) is 10.9 Å². The lowest BCUT2D eigenvalue weighted by Gasteiger charge is -2.37. The number of benzene rings is 1. The van der Waals surface area contributed by atoms with Gasteiger partial charge in [-0.05, 0) is 35.3 Å². The fourth-order valence-corrected chi connectivity index (χ4v) is 7.38. The summed E-state index contributed by atoms with van der Waals surface area (Å²) in [4.78, 5) is 12.2. The summed E-state index contributed by atoms with van der Waals surface area (Å²) in [5, 5.41) is 5.77. The van der Waals surface area contributed by atoms with E-state index in [9.17, 15) is 4.79 Å². The van der Waals surface area contributed by atoms with Crippen LogP contribution in [-0.4, -0.2) is 61.5 Å². The average Bonchev–Trinajstić information content (AvgIpc) is 2.80. The Kier molecular flexibility index (Phi) is 11.5. The van der Waals surface area contributed by atoms with Crippen molar-refractivity contribution in [3.8, 4) is 0 Å². The molecule has 0 spiro atoms. The van der Waals surface area contributed by atoms with Crippen molar-refractivity contribution in [1.82, 2.24) is 15.0 Å². The maximum Gasteiger partial charge on any atom is 0.278 e. The van der Waals surface area contributed by atoms with Gasteiger partial charge in [-0.3, -0.25) is 4.79 Å². The lowest BCUT2D eigenvalue weighted by atomic mass is 9.97. The van der Waals surface area contributed by atoms with Crippen molar-refractivity contribution in [1.29, 1.82) is 0 Å². The van der Waals surface area contributed by atoms with E-state index in [2.05, 4.69) is 10.3 Å². The highest BCUT2D eigenvalue weighted by atomic mass is 35.5. The Labute approximate surface area is 219 Å². The maximum atomic E-state index is 12.2. The topological polar surface area (TPSA) is 66.2 Å². The van der Waals surface area contributed by atoms with Gasteiger partial charge in [0.25, 0.3) is 5.56 Å². The molecule has 0 atom stereocenters. The molecule has 0 radical (unpaired) electrons. The van der Waals surface area contributed by atoms with Gasteiger partial charge < -0.3 is 9.05 Å². The van der Waals surface area contributed by atoms with Crippen molar-refractivity contribution in [3.63, 3.8) is 0 Å². The zero-order valence-electron chi connectivity index (χ0n) is 16.1. The standard InChI is InChI=1S/C10H12N3O3PS2.C6H6Cl6/c1-15-17(18,16-2)19-7-13-10(14)8-5-3-4-6-9(8)11-12-13;7-1-2(8)4(10)6(12)5(11)3(1)9/h3-6H,7H2,1-2H3;1-6H/t;1-,2-,3-,4+,5+,6+. The van der Waals surface area contributed by atoms with Crippen LogP contribution in [0.2, 0.25) is 0 Å². The van der Waals surface area contributed by atoms with Crippen LogP contribution in [0.15, 0.2) is 29.1 Å². The first kappa shape index (κ1) is 28.2. The molecule has 2 aromatic rings. The summed E-state index contributed by atoms with van der Waals surface area (Å²) >= 11 is 41.7. The van der Waals surface area contributed by atoms with Crippen molar-refractivity contribution in [2.24, 2.45) is 0 Å². The van der Waals surface area contributed by atoms with Gasteiger partial charge in [0.2, 0.25) is 5.69 Å². The fourth-order valence-electron chi connectivity index (χ4n) is 2.47. The summed E-state index contributed by atoms with van der Waals surface area (Å²) < 4.78 is 11.5. The van der Waals surface area contributed by atoms with Gasteiger partial charge in [-0.2, -0.15) is 4.68 Å². The molecule has 31 heavy (non-hydrogen) atoms. The van der Waals surface area contributed by atoms with Crippen molar-refractivity contribution >= 4 is 109 Å². The van der Waals surface area contributed by atoms with Gasteiger partial charge in [0.1, 0.15) is 11.4 Å². The lowest BCUT2D eigenvalue weighted by Crippen LogP contribution is -2.52. The van der Waals surface area contributed by atoms with Crippen LogP contribution in [0, 0.1) is 0 Å². The Morgan fingerprint density at radius 1 is 0.968 bits per heavy atom. The molecule has 0 unspecified atom stereocenters. The molecule has 1 aromatic carbocycles. The summed E-state index contributed by atoms with van der Waals surface area (Å²) in [6.45, 7) is 0. The van der Waals surface area contributed by atoms with Gasteiger partial charge >= 0.3 is 0 Å². The highest BCUT2D eigenvalue weighted by Gasteiger charge is 2.46. The number of nitrogens with zero attached hydrogens (tertiary/aromatic N) is 3. The predicted molar refractivity (Wildman–Crippen MR) is 138 cm³/mol. The predicted octanol–water partition coefficient (Wildman–Crippen LogP) is 5.64. The molecule has 15 heteroatoms. The summed E-state index contributed by atoms with van der Waals surface area (Å²) in [6, 6.07) is 7.06. The van der Waals surface area contributed by atoms with Crippen molar-refractivity contribution in [2.75, 3.05) is 14.2 Å². The normalized spacial score (nSPS) is 28.8. The van der Waals surface area contributed by atoms with Gasteiger partial charge in [-0.15, -0.1) is 74.7 Å². The summed E-state index contributed by atoms with van der Waals surface area (Å²) in [5.74, 6) is 0.246. The Morgan fingerprint density at radius 2 is 1.42 bits per heavy atom. The van der Waals surface area contributed by atoms with Crippen LogP contribution in [-0.2, 0) is 26.7 Å². The van der Waals surface area contributed by atoms with Gasteiger partial charge in [-0.1, -0.05) is 17.3 Å². The van der Waals surface area contributed by atoms with Gasteiger partial charge in [-0.25, -0.2) is 0 Å². The van der Waals surface area contributed by atoms with E-state index in [4.69, 9.17) is 90.5 Å². The molecule has 6 nitrogen and oxygen atoms in total. The minimum atomic E-state index is -2.40. The minimum Gasteiger partial charge on any atom is -0.325 e. The van der Waals surface area contributed by atoms with E-state index < -0.39 is 38.0 Å². The van der Waals surface area contributed by atoms with Crippen molar-refractivity contribution < 1.29 is 9.05 Å². The summed E-state index contributed by atoms with van der Waals surface area (Å²) in [5.41, 5.74) is -2.03. The molecule has 3 rings (SSSR count). The molecule has 0 bridgehead atoms. The molecule has 1 aliphatic carbocycles. The summed E-state index contributed by atoms with van der Waals surface area (Å²) in [6.07, 6.45) is 0. The molecule has 1 aromatic heterocycles. The van der Waals surface area contributed by atoms with E-state index in [0.717, 1.165) is 0 Å². The third-order valence-electron chi connectivity index (χ3n) is 4.24. The van der Waals surface area contributed by atoms with Crippen molar-refractivity contribution in [3.05, 3.63) is 34.6 Å². The number of halogens is 6. The Hall–Kier alpha value is 0.950. The molecule has 0 aliphatic heterocycles. The maximum absolute atomic E-state index is 12.2. The van der Waals surface area contributed by atoms with E-state index in [-0.39, 0.29) is 11.4 Å². The molecule has 0 N–H and O–H groups in total. The molecule has 174 valence electrons. The quantitative estimate of drug-likeness (QED) is 0.322. The Bertz CT molecular complexity index is 922. The van der Waals surface area contributed by atoms with Crippen LogP contribution in [0.3, 0.4) is 0 Å². The molecule has 1 fully saturated rings. The van der Waals surface area contributed by atoms with Gasteiger partial charge in [0, 0.05) is 14.2 Å². The molecular formula is C16H18Cl6N3O3PS2. The molecule has 1 aliphatic rings. The second-order valence-electron chi connectivity index (χ2n) is 6.15. The highest BCUT2D eigenvalue weighted by Crippen LogP contribution is 2.60. The molecule has 1 heterocycles. The van der Waals surface area contributed by atoms with E-state index in [1.54, 1.807) is 18.2 Å². The molecule has 0 saturated heterocycles. The Balaban J connectivity index is 0.000000245. The van der Waals surface area contributed by atoms with Crippen LogP contribution in [0.4, 0.5) is 0 Å². The van der Waals surface area contributed by atoms with Crippen molar-refractivity contribution in [2.45, 2.75) is 38.1 Å². The number of hydrogen-bond donors (Lipinski definition) is 0. The highest BCUT2D eigenvalue weighted by molar-refractivity contribution is 8.67. The number of fused-ring (bicyclic) bond motifs is 1. The number of rotatable bonds is 5. The summed E-state index contributed by atoms with van der Waals surface area (Å²) in [7, 11) is 2.98. The third-order valence-corrected chi connectivity index (χ3v) is 13.9. The van der Waals surface area contributed by atoms with Crippen LogP contribution < -0.4 is 5.56 Å². The number of aromatic nitrogens is 3. The van der Waals surface area contributed by atoms with Crippen LogP contribution in [0.1, 0.15) is 0 Å². The van der Waals surface area contributed by atoms with E-state index >= 15 is 0 Å². The second-order valence-corrected chi connectivity index (χ2v) is 15.7. The van der Waals surface area contributed by atoms with Gasteiger partial charge in [0.05, 0.1) is 37.6 Å².